The Hall–Kier alpha value is -0.930. The Kier molecular flexibility index (Phi) is 2.52. The van der Waals surface area contributed by atoms with Gasteiger partial charge in [0.25, 0.3) is 0 Å². The van der Waals surface area contributed by atoms with Gasteiger partial charge in [-0.2, -0.15) is 0 Å². The second kappa shape index (κ2) is 3.67. The third-order valence-electron chi connectivity index (χ3n) is 2.38. The van der Waals surface area contributed by atoms with Crippen molar-refractivity contribution in [2.24, 2.45) is 0 Å². The lowest BCUT2D eigenvalue weighted by atomic mass is 9.96. The van der Waals surface area contributed by atoms with Crippen LogP contribution in [0.5, 0.6) is 0 Å². The standard InChI is InChI=1S/C11H13NOS/c1-7(2)10-8(5-13)3-4-9-11(10)12-6-14-9/h3-4,6-7,13H,5H2,1-2H3. The zero-order valence-electron chi connectivity index (χ0n) is 8.32. The van der Waals surface area contributed by atoms with Crippen molar-refractivity contribution in [1.29, 1.82) is 0 Å². The van der Waals surface area contributed by atoms with Crippen molar-refractivity contribution in [3.8, 4) is 0 Å². The SMILES string of the molecule is CC(C)c1c(CO)ccc2scnc12. The summed E-state index contributed by atoms with van der Waals surface area (Å²) in [6.07, 6.45) is 0. The number of hydrogen-bond acceptors (Lipinski definition) is 3. The fourth-order valence-electron chi connectivity index (χ4n) is 1.78. The average molecular weight is 207 g/mol. The first-order chi connectivity index (χ1) is 6.74. The first-order valence-corrected chi connectivity index (χ1v) is 5.58. The van der Waals surface area contributed by atoms with Crippen molar-refractivity contribution in [3.63, 3.8) is 0 Å². The minimum atomic E-state index is 0.0982. The highest BCUT2D eigenvalue weighted by Crippen LogP contribution is 2.30. The van der Waals surface area contributed by atoms with Crippen molar-refractivity contribution < 1.29 is 5.11 Å². The van der Waals surface area contributed by atoms with Gasteiger partial charge in [0.05, 0.1) is 22.3 Å². The van der Waals surface area contributed by atoms with Crippen LogP contribution in [0.4, 0.5) is 0 Å². The van der Waals surface area contributed by atoms with E-state index < -0.39 is 0 Å². The highest BCUT2D eigenvalue weighted by atomic mass is 32.1. The topological polar surface area (TPSA) is 33.1 Å². The molecule has 0 spiro atoms. The van der Waals surface area contributed by atoms with Gasteiger partial charge < -0.3 is 5.11 Å². The zero-order chi connectivity index (χ0) is 10.1. The summed E-state index contributed by atoms with van der Waals surface area (Å²) in [4.78, 5) is 4.36. The first-order valence-electron chi connectivity index (χ1n) is 4.70. The van der Waals surface area contributed by atoms with Crippen LogP contribution in [-0.4, -0.2) is 10.1 Å². The van der Waals surface area contributed by atoms with Gasteiger partial charge in [0.15, 0.2) is 0 Å². The maximum absolute atomic E-state index is 9.24. The van der Waals surface area contributed by atoms with E-state index in [9.17, 15) is 5.11 Å². The molecule has 1 aromatic carbocycles. The maximum atomic E-state index is 9.24. The van der Waals surface area contributed by atoms with Crippen molar-refractivity contribution in [3.05, 3.63) is 28.8 Å². The van der Waals surface area contributed by atoms with Gasteiger partial charge >= 0.3 is 0 Å². The molecule has 2 aromatic rings. The molecule has 0 atom stereocenters. The van der Waals surface area contributed by atoms with Crippen LogP contribution in [0.25, 0.3) is 10.2 Å². The van der Waals surface area contributed by atoms with Crippen LogP contribution in [0.2, 0.25) is 0 Å². The van der Waals surface area contributed by atoms with Crippen LogP contribution < -0.4 is 0 Å². The Morgan fingerprint density at radius 2 is 2.21 bits per heavy atom. The highest BCUT2D eigenvalue weighted by Gasteiger charge is 2.12. The number of aliphatic hydroxyl groups excluding tert-OH is 1. The van der Waals surface area contributed by atoms with Crippen molar-refractivity contribution in [2.75, 3.05) is 0 Å². The molecule has 0 saturated heterocycles. The van der Waals surface area contributed by atoms with Crippen LogP contribution in [0.15, 0.2) is 17.6 Å². The molecule has 2 nitrogen and oxygen atoms in total. The minimum absolute atomic E-state index is 0.0982. The van der Waals surface area contributed by atoms with E-state index in [1.807, 2.05) is 17.6 Å². The number of fused-ring (bicyclic) bond motifs is 1. The molecular weight excluding hydrogens is 194 g/mol. The Morgan fingerprint density at radius 1 is 1.43 bits per heavy atom. The van der Waals surface area contributed by atoms with Gasteiger partial charge in [-0.15, -0.1) is 11.3 Å². The summed E-state index contributed by atoms with van der Waals surface area (Å²) in [7, 11) is 0. The van der Waals surface area contributed by atoms with Crippen LogP contribution in [0.3, 0.4) is 0 Å². The third kappa shape index (κ3) is 1.42. The highest BCUT2D eigenvalue weighted by molar-refractivity contribution is 7.16. The molecule has 1 aromatic heterocycles. The normalized spacial score (nSPS) is 11.4. The number of aliphatic hydroxyl groups is 1. The molecule has 0 fully saturated rings. The molecule has 74 valence electrons. The molecule has 3 heteroatoms. The second-order valence-corrected chi connectivity index (χ2v) is 4.54. The third-order valence-corrected chi connectivity index (χ3v) is 3.17. The fourth-order valence-corrected chi connectivity index (χ4v) is 2.47. The quantitative estimate of drug-likeness (QED) is 0.821. The molecular formula is C11H13NOS. The molecule has 0 bridgehead atoms. The molecule has 14 heavy (non-hydrogen) atoms. The summed E-state index contributed by atoms with van der Waals surface area (Å²) in [5.74, 6) is 0.406. The lowest BCUT2D eigenvalue weighted by molar-refractivity contribution is 0.280. The Labute approximate surface area is 87.2 Å². The van der Waals surface area contributed by atoms with Crippen LogP contribution in [-0.2, 0) is 6.61 Å². The summed E-state index contributed by atoms with van der Waals surface area (Å²) in [5, 5.41) is 9.24. The second-order valence-electron chi connectivity index (χ2n) is 3.65. The molecule has 0 radical (unpaired) electrons. The van der Waals surface area contributed by atoms with E-state index in [1.54, 1.807) is 11.3 Å². The van der Waals surface area contributed by atoms with Crippen molar-refractivity contribution in [1.82, 2.24) is 4.98 Å². The lowest BCUT2D eigenvalue weighted by Gasteiger charge is -2.11. The predicted octanol–water partition coefficient (Wildman–Crippen LogP) is 2.91. The van der Waals surface area contributed by atoms with Gasteiger partial charge in [-0.3, -0.25) is 0 Å². The summed E-state index contributed by atoms with van der Waals surface area (Å²) < 4.78 is 1.20. The van der Waals surface area contributed by atoms with Crippen molar-refractivity contribution in [2.45, 2.75) is 26.4 Å². The van der Waals surface area contributed by atoms with Gasteiger partial charge in [-0.05, 0) is 23.1 Å². The summed E-state index contributed by atoms with van der Waals surface area (Å²) in [6.45, 7) is 4.36. The summed E-state index contributed by atoms with van der Waals surface area (Å²) >= 11 is 1.65. The fraction of sp³-hybridized carbons (Fsp3) is 0.364. The average Bonchev–Trinajstić information content (AvgIpc) is 2.62. The zero-order valence-corrected chi connectivity index (χ0v) is 9.14. The summed E-state index contributed by atoms with van der Waals surface area (Å²) in [5.41, 5.74) is 5.10. The van der Waals surface area contributed by atoms with Crippen LogP contribution >= 0.6 is 11.3 Å². The number of rotatable bonds is 2. The van der Waals surface area contributed by atoms with E-state index >= 15 is 0 Å². The number of hydrogen-bond donors (Lipinski definition) is 1. The Balaban J connectivity index is 2.75. The molecule has 0 aliphatic heterocycles. The Bertz CT molecular complexity index is 447. The number of nitrogens with zero attached hydrogens (tertiary/aromatic N) is 1. The van der Waals surface area contributed by atoms with Crippen LogP contribution in [0, 0.1) is 0 Å². The first kappa shape index (κ1) is 9.62. The largest absolute Gasteiger partial charge is 0.392 e. The molecule has 0 aliphatic rings. The smallest absolute Gasteiger partial charge is 0.0850 e. The number of benzene rings is 1. The maximum Gasteiger partial charge on any atom is 0.0850 e. The lowest BCUT2D eigenvalue weighted by Crippen LogP contribution is -1.97. The van der Waals surface area contributed by atoms with E-state index in [0.717, 1.165) is 11.1 Å². The Morgan fingerprint density at radius 3 is 2.86 bits per heavy atom. The number of aromatic nitrogens is 1. The molecule has 0 unspecified atom stereocenters. The van der Waals surface area contributed by atoms with Gasteiger partial charge in [0, 0.05) is 0 Å². The van der Waals surface area contributed by atoms with E-state index in [-0.39, 0.29) is 6.61 Å². The van der Waals surface area contributed by atoms with E-state index in [1.165, 1.54) is 10.3 Å². The van der Waals surface area contributed by atoms with E-state index in [2.05, 4.69) is 18.8 Å². The van der Waals surface area contributed by atoms with Gasteiger partial charge in [0.1, 0.15) is 0 Å². The van der Waals surface area contributed by atoms with E-state index in [4.69, 9.17) is 0 Å². The predicted molar refractivity (Wildman–Crippen MR) is 59.6 cm³/mol. The van der Waals surface area contributed by atoms with Gasteiger partial charge in [-0.1, -0.05) is 19.9 Å². The minimum Gasteiger partial charge on any atom is -0.392 e. The number of thiazole rings is 1. The molecule has 0 amide bonds. The van der Waals surface area contributed by atoms with Crippen LogP contribution in [0.1, 0.15) is 30.9 Å². The molecule has 0 saturated carbocycles. The van der Waals surface area contributed by atoms with Gasteiger partial charge in [-0.25, -0.2) is 4.98 Å². The molecule has 0 aliphatic carbocycles. The van der Waals surface area contributed by atoms with Gasteiger partial charge in [0.2, 0.25) is 0 Å². The summed E-state index contributed by atoms with van der Waals surface area (Å²) in [6, 6.07) is 4.03. The monoisotopic (exact) mass is 207 g/mol. The molecule has 2 rings (SSSR count). The van der Waals surface area contributed by atoms with E-state index in [0.29, 0.717) is 5.92 Å². The molecule has 1 heterocycles. The molecule has 1 N–H and O–H groups in total. The van der Waals surface area contributed by atoms with Crippen molar-refractivity contribution >= 4 is 21.6 Å².